The van der Waals surface area contributed by atoms with Gasteiger partial charge >= 0.3 is 0 Å². The summed E-state index contributed by atoms with van der Waals surface area (Å²) in [5, 5.41) is 2.78. The monoisotopic (exact) mass is 350 g/mol. The number of carbonyl (C=O) groups is 2. The third-order valence-corrected chi connectivity index (χ3v) is 3.93. The van der Waals surface area contributed by atoms with Gasteiger partial charge in [0.15, 0.2) is 6.29 Å². The highest BCUT2D eigenvalue weighted by Crippen LogP contribution is 2.05. The van der Waals surface area contributed by atoms with Crippen LogP contribution in [0.3, 0.4) is 0 Å². The number of nitrogens with one attached hydrogen (secondary N) is 2. The number of amides is 1. The van der Waals surface area contributed by atoms with Gasteiger partial charge in [0, 0.05) is 31.1 Å². The molecule has 0 unspecified atom stereocenters. The van der Waals surface area contributed by atoms with Crippen LogP contribution in [0.15, 0.2) is 59.9 Å². The number of H-pyrrole nitrogens is 1. The van der Waals surface area contributed by atoms with Crippen LogP contribution >= 0.6 is 0 Å². The molecule has 1 aromatic carbocycles. The number of hydrogen-bond donors (Lipinski definition) is 2. The van der Waals surface area contributed by atoms with Gasteiger partial charge in [-0.05, 0) is 11.6 Å². The van der Waals surface area contributed by atoms with Crippen LogP contribution in [0.25, 0.3) is 0 Å². The fraction of sp³-hybridized carbons (Fsp3) is 0.158. The van der Waals surface area contributed by atoms with Crippen LogP contribution in [0.2, 0.25) is 0 Å². The predicted octanol–water partition coefficient (Wildman–Crippen LogP) is 1.40. The Bertz CT molecular complexity index is 947. The molecule has 0 atom stereocenters. The summed E-state index contributed by atoms with van der Waals surface area (Å²) in [5.74, 6) is -0.338. The Morgan fingerprint density at radius 2 is 2.08 bits per heavy atom. The van der Waals surface area contributed by atoms with Gasteiger partial charge in [-0.25, -0.2) is 4.98 Å². The van der Waals surface area contributed by atoms with Crippen molar-refractivity contribution in [1.29, 1.82) is 0 Å². The molecule has 0 radical (unpaired) electrons. The fourth-order valence-electron chi connectivity index (χ4n) is 2.60. The summed E-state index contributed by atoms with van der Waals surface area (Å²) in [6.07, 6.45) is 5.83. The van der Waals surface area contributed by atoms with Crippen LogP contribution in [0, 0.1) is 0 Å². The van der Waals surface area contributed by atoms with Crippen molar-refractivity contribution in [2.75, 3.05) is 6.54 Å². The van der Waals surface area contributed by atoms with Crippen LogP contribution in [-0.4, -0.2) is 33.3 Å². The lowest BCUT2D eigenvalue weighted by Gasteiger charge is -2.10. The summed E-state index contributed by atoms with van der Waals surface area (Å²) in [6, 6.07) is 10.7. The number of pyridine rings is 1. The first-order valence-corrected chi connectivity index (χ1v) is 8.16. The van der Waals surface area contributed by atoms with Gasteiger partial charge in [0.2, 0.25) is 0 Å². The van der Waals surface area contributed by atoms with Crippen LogP contribution < -0.4 is 10.9 Å². The highest BCUT2D eigenvalue weighted by molar-refractivity contribution is 5.95. The topological polar surface area (TPSA) is 96.8 Å². The first-order chi connectivity index (χ1) is 12.7. The van der Waals surface area contributed by atoms with E-state index >= 15 is 0 Å². The molecular formula is C19H18N4O3. The molecule has 7 nitrogen and oxygen atoms in total. The molecule has 0 saturated heterocycles. The highest BCUT2D eigenvalue weighted by Gasteiger charge is 2.12. The van der Waals surface area contributed by atoms with E-state index < -0.39 is 5.56 Å². The van der Waals surface area contributed by atoms with Crippen LogP contribution in [-0.2, 0) is 13.0 Å². The van der Waals surface area contributed by atoms with E-state index in [1.54, 1.807) is 12.5 Å². The maximum absolute atomic E-state index is 12.4. The number of rotatable bonds is 7. The molecule has 0 bridgehead atoms. The number of aldehydes is 1. The van der Waals surface area contributed by atoms with E-state index in [4.69, 9.17) is 0 Å². The second-order valence-corrected chi connectivity index (χ2v) is 5.80. The van der Waals surface area contributed by atoms with Crippen molar-refractivity contribution < 1.29 is 9.59 Å². The lowest BCUT2D eigenvalue weighted by Crippen LogP contribution is -2.30. The van der Waals surface area contributed by atoms with E-state index in [1.165, 1.54) is 16.8 Å². The lowest BCUT2D eigenvalue weighted by atomic mass is 10.1. The second-order valence-electron chi connectivity index (χ2n) is 5.80. The molecule has 132 valence electrons. The average molecular weight is 350 g/mol. The van der Waals surface area contributed by atoms with E-state index in [2.05, 4.69) is 15.3 Å². The predicted molar refractivity (Wildman–Crippen MR) is 96.3 cm³/mol. The molecule has 0 aliphatic rings. The molecule has 2 aromatic heterocycles. The Labute approximate surface area is 149 Å². The van der Waals surface area contributed by atoms with Crippen molar-refractivity contribution in [1.82, 2.24) is 19.9 Å². The molecule has 0 aliphatic carbocycles. The minimum atomic E-state index is -0.419. The van der Waals surface area contributed by atoms with Crippen LogP contribution in [0.4, 0.5) is 0 Å². The molecule has 0 saturated carbocycles. The Hall–Kier alpha value is -3.48. The largest absolute Gasteiger partial charge is 0.352 e. The zero-order chi connectivity index (χ0) is 18.4. The molecule has 0 spiro atoms. The summed E-state index contributed by atoms with van der Waals surface area (Å²) in [4.78, 5) is 42.8. The summed E-state index contributed by atoms with van der Waals surface area (Å²) in [5.41, 5.74) is 1.63. The molecule has 2 heterocycles. The molecule has 26 heavy (non-hydrogen) atoms. The van der Waals surface area contributed by atoms with E-state index in [0.717, 1.165) is 11.3 Å². The van der Waals surface area contributed by atoms with E-state index in [1.807, 2.05) is 30.3 Å². The molecule has 0 fully saturated rings. The standard InChI is InChI=1S/C19H18N4O3/c24-12-16-8-15(18(25)21-7-6-17-9-20-13-22-17)11-23(19(16)26)10-14-4-2-1-3-5-14/h1-5,8-9,11-13H,6-7,10H2,(H,20,22)(H,21,25). The zero-order valence-corrected chi connectivity index (χ0v) is 14.0. The van der Waals surface area contributed by atoms with Gasteiger partial charge in [-0.3, -0.25) is 14.4 Å². The molecule has 3 aromatic rings. The van der Waals surface area contributed by atoms with Gasteiger partial charge < -0.3 is 14.9 Å². The Morgan fingerprint density at radius 3 is 2.77 bits per heavy atom. The third-order valence-electron chi connectivity index (χ3n) is 3.93. The number of nitrogens with zero attached hydrogens (tertiary/aromatic N) is 2. The van der Waals surface area contributed by atoms with E-state index in [9.17, 15) is 14.4 Å². The zero-order valence-electron chi connectivity index (χ0n) is 14.0. The minimum Gasteiger partial charge on any atom is -0.352 e. The first kappa shape index (κ1) is 17.3. The molecule has 1 amide bonds. The molecule has 2 N–H and O–H groups in total. The van der Waals surface area contributed by atoms with Gasteiger partial charge in [-0.2, -0.15) is 0 Å². The quantitative estimate of drug-likeness (QED) is 0.630. The molecular weight excluding hydrogens is 332 g/mol. The Morgan fingerprint density at radius 1 is 1.27 bits per heavy atom. The summed E-state index contributed by atoms with van der Waals surface area (Å²) in [7, 11) is 0. The maximum atomic E-state index is 12.4. The number of hydrogen-bond acceptors (Lipinski definition) is 4. The number of aromatic amines is 1. The van der Waals surface area contributed by atoms with Crippen molar-refractivity contribution in [3.63, 3.8) is 0 Å². The fourth-order valence-corrected chi connectivity index (χ4v) is 2.60. The van der Waals surface area contributed by atoms with E-state index in [-0.39, 0.29) is 23.6 Å². The van der Waals surface area contributed by atoms with Gasteiger partial charge in [-0.15, -0.1) is 0 Å². The highest BCUT2D eigenvalue weighted by atomic mass is 16.2. The second kappa shape index (κ2) is 8.06. The van der Waals surface area contributed by atoms with Crippen LogP contribution in [0.5, 0.6) is 0 Å². The van der Waals surface area contributed by atoms with Gasteiger partial charge in [0.1, 0.15) is 0 Å². The molecule has 3 rings (SSSR count). The molecule has 7 heteroatoms. The average Bonchev–Trinajstić information content (AvgIpc) is 3.17. The van der Waals surface area contributed by atoms with Crippen molar-refractivity contribution >= 4 is 12.2 Å². The van der Waals surface area contributed by atoms with Crippen molar-refractivity contribution in [3.8, 4) is 0 Å². The number of carbonyl (C=O) groups excluding carboxylic acids is 2. The van der Waals surface area contributed by atoms with Gasteiger partial charge in [-0.1, -0.05) is 30.3 Å². The summed E-state index contributed by atoms with van der Waals surface area (Å²) >= 11 is 0. The maximum Gasteiger partial charge on any atom is 0.261 e. The lowest BCUT2D eigenvalue weighted by molar-refractivity contribution is 0.0953. The molecule has 0 aliphatic heterocycles. The SMILES string of the molecule is O=Cc1cc(C(=O)NCCc2cnc[nH]2)cn(Cc2ccccc2)c1=O. The third kappa shape index (κ3) is 4.13. The normalized spacial score (nSPS) is 10.5. The minimum absolute atomic E-state index is 0.0397. The Balaban J connectivity index is 1.77. The summed E-state index contributed by atoms with van der Waals surface area (Å²) in [6.45, 7) is 0.699. The van der Waals surface area contributed by atoms with Crippen molar-refractivity contribution in [3.05, 3.63) is 87.9 Å². The number of benzene rings is 1. The van der Waals surface area contributed by atoms with Gasteiger partial charge in [0.05, 0.1) is 24.0 Å². The van der Waals surface area contributed by atoms with Crippen molar-refractivity contribution in [2.45, 2.75) is 13.0 Å². The van der Waals surface area contributed by atoms with Crippen molar-refractivity contribution in [2.24, 2.45) is 0 Å². The van der Waals surface area contributed by atoms with Crippen LogP contribution in [0.1, 0.15) is 32.0 Å². The Kier molecular flexibility index (Phi) is 5.38. The number of aromatic nitrogens is 3. The number of imidazole rings is 1. The smallest absolute Gasteiger partial charge is 0.261 e. The first-order valence-electron chi connectivity index (χ1n) is 8.16. The summed E-state index contributed by atoms with van der Waals surface area (Å²) < 4.78 is 1.38. The van der Waals surface area contributed by atoms with E-state index in [0.29, 0.717) is 19.3 Å². The van der Waals surface area contributed by atoms with Gasteiger partial charge in [0.25, 0.3) is 11.5 Å².